The van der Waals surface area contributed by atoms with E-state index in [4.69, 9.17) is 4.74 Å². The maximum atomic E-state index is 10.8. The zero-order chi connectivity index (χ0) is 10.6. The highest BCUT2D eigenvalue weighted by Crippen LogP contribution is 2.19. The first-order chi connectivity index (χ1) is 6.63. The van der Waals surface area contributed by atoms with E-state index < -0.39 is 6.10 Å². The molecule has 0 aliphatic carbocycles. The minimum atomic E-state index is -0.710. The second-order valence-corrected chi connectivity index (χ2v) is 3.20. The minimum absolute atomic E-state index is 0.0201. The molecule has 0 aliphatic heterocycles. The molecule has 14 heavy (non-hydrogen) atoms. The van der Waals surface area contributed by atoms with E-state index in [0.717, 1.165) is 11.3 Å². The third-order valence-electron chi connectivity index (χ3n) is 1.98. The maximum absolute atomic E-state index is 10.8. The molecule has 3 heteroatoms. The van der Waals surface area contributed by atoms with Crippen molar-refractivity contribution in [2.24, 2.45) is 0 Å². The quantitative estimate of drug-likeness (QED) is 0.793. The molecule has 1 aromatic carbocycles. The number of aliphatic hydroxyl groups is 1. The zero-order valence-electron chi connectivity index (χ0n) is 8.36. The van der Waals surface area contributed by atoms with E-state index in [1.807, 2.05) is 0 Å². The molecular weight excluding hydrogens is 180 g/mol. The Hall–Kier alpha value is -1.35. The van der Waals surface area contributed by atoms with E-state index in [1.54, 1.807) is 31.4 Å². The smallest absolute Gasteiger partial charge is 0.132 e. The van der Waals surface area contributed by atoms with Gasteiger partial charge in [-0.15, -0.1) is 0 Å². The maximum Gasteiger partial charge on any atom is 0.132 e. The first-order valence-corrected chi connectivity index (χ1v) is 4.45. The summed E-state index contributed by atoms with van der Waals surface area (Å²) < 4.78 is 4.98. The minimum Gasteiger partial charge on any atom is -0.497 e. The van der Waals surface area contributed by atoms with Crippen LogP contribution in [-0.2, 0) is 4.79 Å². The Kier molecular flexibility index (Phi) is 3.65. The van der Waals surface area contributed by atoms with E-state index in [-0.39, 0.29) is 12.2 Å². The van der Waals surface area contributed by atoms with Gasteiger partial charge in [-0.25, -0.2) is 0 Å². The number of aliphatic hydroxyl groups excluding tert-OH is 1. The normalized spacial score (nSPS) is 12.2. The lowest BCUT2D eigenvalue weighted by Crippen LogP contribution is -2.02. The number of hydrogen-bond donors (Lipinski definition) is 1. The predicted octanol–water partition coefficient (Wildman–Crippen LogP) is 1.71. The average Bonchev–Trinajstić information content (AvgIpc) is 2.17. The van der Waals surface area contributed by atoms with Crippen LogP contribution in [0.15, 0.2) is 24.3 Å². The number of methoxy groups -OCH3 is 1. The summed E-state index contributed by atoms with van der Waals surface area (Å²) in [6.07, 6.45) is -0.551. The number of carbonyl (C=O) groups excluding carboxylic acids is 1. The Bertz CT molecular complexity index is 303. The van der Waals surface area contributed by atoms with E-state index in [9.17, 15) is 9.90 Å². The van der Waals surface area contributed by atoms with E-state index >= 15 is 0 Å². The molecule has 1 aromatic rings. The SMILES string of the molecule is COc1ccc(C(O)CC(C)=O)cc1. The molecule has 1 atom stereocenters. The summed E-state index contributed by atoms with van der Waals surface area (Å²) in [5.74, 6) is 0.720. The molecule has 0 saturated heterocycles. The second-order valence-electron chi connectivity index (χ2n) is 3.20. The molecule has 76 valence electrons. The number of hydrogen-bond acceptors (Lipinski definition) is 3. The number of ketones is 1. The Labute approximate surface area is 83.3 Å². The van der Waals surface area contributed by atoms with Crippen LogP contribution >= 0.6 is 0 Å². The number of benzene rings is 1. The third-order valence-corrected chi connectivity index (χ3v) is 1.98. The third kappa shape index (κ3) is 2.85. The molecular formula is C11H14O3. The van der Waals surface area contributed by atoms with E-state index in [2.05, 4.69) is 0 Å². The van der Waals surface area contributed by atoms with Crippen LogP contribution in [0, 0.1) is 0 Å². The Morgan fingerprint density at radius 2 is 2.00 bits per heavy atom. The fourth-order valence-electron chi connectivity index (χ4n) is 1.22. The van der Waals surface area contributed by atoms with Crippen LogP contribution < -0.4 is 4.74 Å². The molecule has 1 N–H and O–H groups in total. The van der Waals surface area contributed by atoms with Crippen molar-refractivity contribution in [3.8, 4) is 5.75 Å². The average molecular weight is 194 g/mol. The summed E-state index contributed by atoms with van der Waals surface area (Å²) in [6, 6.07) is 7.04. The van der Waals surface area contributed by atoms with Crippen LogP contribution in [-0.4, -0.2) is 18.0 Å². The molecule has 1 rings (SSSR count). The number of Topliss-reactive ketones (excluding diaryl/α,β-unsaturated/α-hetero) is 1. The van der Waals surface area contributed by atoms with Gasteiger partial charge in [0.05, 0.1) is 13.2 Å². The molecule has 0 fully saturated rings. The van der Waals surface area contributed by atoms with Crippen LogP contribution in [0.2, 0.25) is 0 Å². The standard InChI is InChI=1S/C11H14O3/c1-8(12)7-11(13)9-3-5-10(14-2)6-4-9/h3-6,11,13H,7H2,1-2H3. The summed E-state index contributed by atoms with van der Waals surface area (Å²) in [7, 11) is 1.58. The van der Waals surface area contributed by atoms with Gasteiger partial charge in [0.25, 0.3) is 0 Å². The highest BCUT2D eigenvalue weighted by Gasteiger charge is 2.09. The molecule has 0 bridgehead atoms. The molecule has 0 heterocycles. The van der Waals surface area contributed by atoms with Crippen LogP contribution in [0.3, 0.4) is 0 Å². The molecule has 0 aliphatic rings. The molecule has 1 unspecified atom stereocenters. The molecule has 0 spiro atoms. The largest absolute Gasteiger partial charge is 0.497 e. The van der Waals surface area contributed by atoms with Crippen molar-refractivity contribution in [3.05, 3.63) is 29.8 Å². The lowest BCUT2D eigenvalue weighted by molar-refractivity contribution is -0.118. The molecule has 0 radical (unpaired) electrons. The van der Waals surface area contributed by atoms with E-state index in [1.165, 1.54) is 6.92 Å². The van der Waals surface area contributed by atoms with Crippen LogP contribution in [0.5, 0.6) is 5.75 Å². The van der Waals surface area contributed by atoms with Crippen molar-refractivity contribution in [1.29, 1.82) is 0 Å². The molecule has 0 amide bonds. The second kappa shape index (κ2) is 4.77. The fraction of sp³-hybridized carbons (Fsp3) is 0.364. The number of rotatable bonds is 4. The van der Waals surface area contributed by atoms with Crippen molar-refractivity contribution in [1.82, 2.24) is 0 Å². The van der Waals surface area contributed by atoms with Gasteiger partial charge in [-0.3, -0.25) is 4.79 Å². The zero-order valence-corrected chi connectivity index (χ0v) is 8.36. The predicted molar refractivity (Wildman–Crippen MR) is 53.3 cm³/mol. The first kappa shape index (κ1) is 10.7. The lowest BCUT2D eigenvalue weighted by atomic mass is 10.0. The van der Waals surface area contributed by atoms with Gasteiger partial charge < -0.3 is 9.84 Å². The Morgan fingerprint density at radius 1 is 1.43 bits per heavy atom. The van der Waals surface area contributed by atoms with Crippen molar-refractivity contribution in [3.63, 3.8) is 0 Å². The van der Waals surface area contributed by atoms with Crippen molar-refractivity contribution in [2.45, 2.75) is 19.4 Å². The van der Waals surface area contributed by atoms with Crippen LogP contribution in [0.25, 0.3) is 0 Å². The van der Waals surface area contributed by atoms with Gasteiger partial charge in [-0.1, -0.05) is 12.1 Å². The van der Waals surface area contributed by atoms with Crippen molar-refractivity contribution in [2.75, 3.05) is 7.11 Å². The fourth-order valence-corrected chi connectivity index (χ4v) is 1.22. The monoisotopic (exact) mass is 194 g/mol. The first-order valence-electron chi connectivity index (χ1n) is 4.45. The van der Waals surface area contributed by atoms with Crippen LogP contribution in [0.4, 0.5) is 0 Å². The van der Waals surface area contributed by atoms with Gasteiger partial charge >= 0.3 is 0 Å². The van der Waals surface area contributed by atoms with Crippen LogP contribution in [0.1, 0.15) is 25.0 Å². The molecule has 0 aromatic heterocycles. The number of ether oxygens (including phenoxy) is 1. The summed E-state index contributed by atoms with van der Waals surface area (Å²) in [5, 5.41) is 9.59. The summed E-state index contributed by atoms with van der Waals surface area (Å²) in [5.41, 5.74) is 0.737. The van der Waals surface area contributed by atoms with Gasteiger partial charge in [0.2, 0.25) is 0 Å². The summed E-state index contributed by atoms with van der Waals surface area (Å²) in [4.78, 5) is 10.8. The topological polar surface area (TPSA) is 46.5 Å². The highest BCUT2D eigenvalue weighted by atomic mass is 16.5. The summed E-state index contributed by atoms with van der Waals surface area (Å²) in [6.45, 7) is 1.47. The van der Waals surface area contributed by atoms with Gasteiger partial charge in [-0.2, -0.15) is 0 Å². The summed E-state index contributed by atoms with van der Waals surface area (Å²) >= 11 is 0. The van der Waals surface area contributed by atoms with E-state index in [0.29, 0.717) is 0 Å². The Balaban J connectivity index is 2.71. The van der Waals surface area contributed by atoms with Gasteiger partial charge in [0.1, 0.15) is 11.5 Å². The van der Waals surface area contributed by atoms with Crippen molar-refractivity contribution >= 4 is 5.78 Å². The van der Waals surface area contributed by atoms with Gasteiger partial charge in [-0.05, 0) is 24.6 Å². The lowest BCUT2D eigenvalue weighted by Gasteiger charge is -2.09. The van der Waals surface area contributed by atoms with Crippen molar-refractivity contribution < 1.29 is 14.6 Å². The van der Waals surface area contributed by atoms with Gasteiger partial charge in [0.15, 0.2) is 0 Å². The Morgan fingerprint density at radius 3 is 2.43 bits per heavy atom. The molecule has 3 nitrogen and oxygen atoms in total. The van der Waals surface area contributed by atoms with Gasteiger partial charge in [0, 0.05) is 6.42 Å². The number of carbonyl (C=O) groups is 1. The highest BCUT2D eigenvalue weighted by molar-refractivity contribution is 5.76. The molecule has 0 saturated carbocycles.